The first kappa shape index (κ1) is 15.4. The van der Waals surface area contributed by atoms with Crippen LogP contribution in [0.25, 0.3) is 20.4 Å². The first-order chi connectivity index (χ1) is 12.7. The number of benzene rings is 2. The fourth-order valence-electron chi connectivity index (χ4n) is 2.70. The maximum absolute atomic E-state index is 12.5. The highest BCUT2D eigenvalue weighted by molar-refractivity contribution is 7.29. The SMILES string of the molecule is COc1nc2ccc3nc(NC(=O)c4ccc5c(c4)OCO5)sc3c2s1. The van der Waals surface area contributed by atoms with E-state index >= 15 is 0 Å². The van der Waals surface area contributed by atoms with Gasteiger partial charge in [0.25, 0.3) is 11.1 Å². The van der Waals surface area contributed by atoms with Crippen molar-refractivity contribution in [1.29, 1.82) is 0 Å². The lowest BCUT2D eigenvalue weighted by molar-refractivity contribution is 0.102. The zero-order valence-electron chi connectivity index (χ0n) is 13.4. The highest BCUT2D eigenvalue weighted by atomic mass is 32.1. The van der Waals surface area contributed by atoms with Gasteiger partial charge in [-0.25, -0.2) is 9.97 Å². The number of methoxy groups -OCH3 is 1. The van der Waals surface area contributed by atoms with Crippen LogP contribution in [0, 0.1) is 0 Å². The summed E-state index contributed by atoms with van der Waals surface area (Å²) in [5, 5.41) is 3.98. The fourth-order valence-corrected chi connectivity index (χ4v) is 4.66. The molecule has 0 saturated carbocycles. The number of rotatable bonds is 3. The van der Waals surface area contributed by atoms with Gasteiger partial charge >= 0.3 is 0 Å². The number of carbonyl (C=O) groups is 1. The Balaban J connectivity index is 1.48. The molecule has 1 N–H and O–H groups in total. The van der Waals surface area contributed by atoms with E-state index in [2.05, 4.69) is 15.3 Å². The Morgan fingerprint density at radius 3 is 2.69 bits per heavy atom. The molecule has 0 atom stereocenters. The zero-order valence-corrected chi connectivity index (χ0v) is 15.1. The fraction of sp³-hybridized carbons (Fsp3) is 0.118. The molecule has 2 aromatic heterocycles. The van der Waals surface area contributed by atoms with Crippen molar-refractivity contribution < 1.29 is 19.0 Å². The van der Waals surface area contributed by atoms with E-state index in [4.69, 9.17) is 14.2 Å². The number of nitrogens with zero attached hydrogens (tertiary/aromatic N) is 2. The normalized spacial score (nSPS) is 12.7. The van der Waals surface area contributed by atoms with Gasteiger partial charge in [-0.2, -0.15) is 0 Å². The minimum absolute atomic E-state index is 0.173. The van der Waals surface area contributed by atoms with Gasteiger partial charge in [-0.3, -0.25) is 10.1 Å². The third kappa shape index (κ3) is 2.44. The van der Waals surface area contributed by atoms with E-state index in [9.17, 15) is 4.79 Å². The van der Waals surface area contributed by atoms with Gasteiger partial charge in [0.15, 0.2) is 16.6 Å². The van der Waals surface area contributed by atoms with E-state index < -0.39 is 0 Å². The standard InChI is InChI=1S/C17H11N3O4S2/c1-22-17-19-10-4-3-9-13(14(10)26-17)25-16(18-9)20-15(21)8-2-5-11-12(6-8)24-7-23-11/h2-6H,7H2,1H3,(H,18,20,21). The molecule has 1 aliphatic heterocycles. The number of carbonyl (C=O) groups excluding carboxylic acids is 1. The lowest BCUT2D eigenvalue weighted by Crippen LogP contribution is -2.11. The monoisotopic (exact) mass is 385 g/mol. The molecule has 26 heavy (non-hydrogen) atoms. The van der Waals surface area contributed by atoms with Gasteiger partial charge in [0.05, 0.1) is 27.5 Å². The van der Waals surface area contributed by atoms with Crippen LogP contribution in [-0.4, -0.2) is 29.8 Å². The molecular weight excluding hydrogens is 374 g/mol. The number of hydrogen-bond donors (Lipinski definition) is 1. The molecule has 0 saturated heterocycles. The minimum Gasteiger partial charge on any atom is -0.473 e. The summed E-state index contributed by atoms with van der Waals surface area (Å²) in [6, 6.07) is 8.88. The number of nitrogens with one attached hydrogen (secondary N) is 1. The van der Waals surface area contributed by atoms with Crippen LogP contribution < -0.4 is 19.5 Å². The Morgan fingerprint density at radius 2 is 1.85 bits per heavy atom. The predicted molar refractivity (Wildman–Crippen MR) is 99.9 cm³/mol. The van der Waals surface area contributed by atoms with Crippen molar-refractivity contribution in [3.63, 3.8) is 0 Å². The number of anilines is 1. The Kier molecular flexibility index (Phi) is 3.44. The van der Waals surface area contributed by atoms with Crippen molar-refractivity contribution in [2.45, 2.75) is 0 Å². The van der Waals surface area contributed by atoms with E-state index in [0.717, 1.165) is 20.4 Å². The number of hydrogen-bond acceptors (Lipinski definition) is 8. The number of ether oxygens (including phenoxy) is 3. The molecule has 0 aliphatic carbocycles. The number of amides is 1. The minimum atomic E-state index is -0.250. The molecule has 1 aliphatic rings. The molecule has 9 heteroatoms. The Labute approximate surface area is 155 Å². The molecule has 0 bridgehead atoms. The Bertz CT molecular complexity index is 1170. The van der Waals surface area contributed by atoms with Crippen molar-refractivity contribution in [2.75, 3.05) is 19.2 Å². The first-order valence-electron chi connectivity index (χ1n) is 7.66. The maximum Gasteiger partial charge on any atom is 0.274 e. The average molecular weight is 385 g/mol. The maximum atomic E-state index is 12.5. The third-order valence-corrected chi connectivity index (χ3v) is 6.11. The second-order valence-electron chi connectivity index (χ2n) is 5.49. The van der Waals surface area contributed by atoms with Crippen LogP contribution in [0.15, 0.2) is 30.3 Å². The van der Waals surface area contributed by atoms with E-state index in [1.165, 1.54) is 22.7 Å². The molecule has 3 heterocycles. The summed E-state index contributed by atoms with van der Waals surface area (Å²) in [4.78, 5) is 21.4. The smallest absolute Gasteiger partial charge is 0.274 e. The van der Waals surface area contributed by atoms with Gasteiger partial charge in [0, 0.05) is 5.56 Å². The second-order valence-corrected chi connectivity index (χ2v) is 7.45. The summed E-state index contributed by atoms with van der Waals surface area (Å²) in [7, 11) is 1.60. The van der Waals surface area contributed by atoms with Crippen molar-refractivity contribution in [3.05, 3.63) is 35.9 Å². The molecule has 0 radical (unpaired) electrons. The van der Waals surface area contributed by atoms with Crippen LogP contribution in [0.1, 0.15) is 10.4 Å². The van der Waals surface area contributed by atoms with Crippen LogP contribution in [0.2, 0.25) is 0 Å². The molecule has 5 rings (SSSR count). The zero-order chi connectivity index (χ0) is 17.7. The van der Waals surface area contributed by atoms with E-state index in [0.29, 0.717) is 27.4 Å². The molecule has 0 unspecified atom stereocenters. The van der Waals surface area contributed by atoms with Crippen LogP contribution in [0.5, 0.6) is 16.7 Å². The van der Waals surface area contributed by atoms with Crippen LogP contribution in [-0.2, 0) is 0 Å². The van der Waals surface area contributed by atoms with Gasteiger partial charge in [-0.15, -0.1) is 0 Å². The summed E-state index contributed by atoms with van der Waals surface area (Å²) in [5.41, 5.74) is 2.16. The summed E-state index contributed by atoms with van der Waals surface area (Å²) in [5.74, 6) is 0.962. The van der Waals surface area contributed by atoms with Gasteiger partial charge in [0.2, 0.25) is 6.79 Å². The average Bonchev–Trinajstić information content (AvgIpc) is 3.36. The summed E-state index contributed by atoms with van der Waals surface area (Å²) in [6.45, 7) is 0.173. The van der Waals surface area contributed by atoms with E-state index in [-0.39, 0.29) is 12.7 Å². The molecule has 0 fully saturated rings. The van der Waals surface area contributed by atoms with Crippen molar-refractivity contribution >= 4 is 54.1 Å². The largest absolute Gasteiger partial charge is 0.473 e. The van der Waals surface area contributed by atoms with Gasteiger partial charge in [0.1, 0.15) is 0 Å². The van der Waals surface area contributed by atoms with Crippen molar-refractivity contribution in [2.24, 2.45) is 0 Å². The van der Waals surface area contributed by atoms with E-state index in [1.807, 2.05) is 12.1 Å². The summed E-state index contributed by atoms with van der Waals surface area (Å²) in [6.07, 6.45) is 0. The molecule has 2 aromatic carbocycles. The van der Waals surface area contributed by atoms with Crippen LogP contribution >= 0.6 is 22.7 Å². The molecule has 4 aromatic rings. The van der Waals surface area contributed by atoms with Crippen molar-refractivity contribution in [3.8, 4) is 16.7 Å². The van der Waals surface area contributed by atoms with Crippen LogP contribution in [0.3, 0.4) is 0 Å². The highest BCUT2D eigenvalue weighted by Crippen LogP contribution is 2.38. The predicted octanol–water partition coefficient (Wildman–Crippen LogP) is 3.90. The summed E-state index contributed by atoms with van der Waals surface area (Å²) >= 11 is 2.88. The number of thiazole rings is 2. The third-order valence-electron chi connectivity index (χ3n) is 3.92. The van der Waals surface area contributed by atoms with E-state index in [1.54, 1.807) is 25.3 Å². The highest BCUT2D eigenvalue weighted by Gasteiger charge is 2.18. The van der Waals surface area contributed by atoms with Gasteiger partial charge in [-0.05, 0) is 30.3 Å². The number of aromatic nitrogens is 2. The number of fused-ring (bicyclic) bond motifs is 4. The molecule has 130 valence electrons. The Morgan fingerprint density at radius 1 is 1.08 bits per heavy atom. The lowest BCUT2D eigenvalue weighted by atomic mass is 10.2. The Hall–Kier alpha value is -2.91. The molecule has 1 amide bonds. The van der Waals surface area contributed by atoms with Crippen molar-refractivity contribution in [1.82, 2.24) is 9.97 Å². The quantitative estimate of drug-likeness (QED) is 0.576. The van der Waals surface area contributed by atoms with Gasteiger partial charge < -0.3 is 14.2 Å². The van der Waals surface area contributed by atoms with Crippen LogP contribution in [0.4, 0.5) is 5.13 Å². The van der Waals surface area contributed by atoms with Gasteiger partial charge in [-0.1, -0.05) is 22.7 Å². The second kappa shape index (κ2) is 5.82. The lowest BCUT2D eigenvalue weighted by Gasteiger charge is -2.02. The summed E-state index contributed by atoms with van der Waals surface area (Å²) < 4.78 is 17.8. The molecule has 7 nitrogen and oxygen atoms in total. The molecule has 0 spiro atoms. The molecular formula is C17H11N3O4S2. The first-order valence-corrected chi connectivity index (χ1v) is 9.29. The topological polar surface area (TPSA) is 82.6 Å².